The van der Waals surface area contributed by atoms with Gasteiger partial charge in [0.05, 0.1) is 13.7 Å². The zero-order valence-corrected chi connectivity index (χ0v) is 10.2. The number of nitrogens with two attached hydrogens (primary N) is 1. The maximum absolute atomic E-state index is 5.22. The molecule has 0 atom stereocenters. The molecule has 0 amide bonds. The van der Waals surface area contributed by atoms with Crippen LogP contribution >= 0.6 is 15.9 Å². The fourth-order valence-corrected chi connectivity index (χ4v) is 2.51. The molecule has 1 aromatic carbocycles. The van der Waals surface area contributed by atoms with Crippen molar-refractivity contribution in [2.75, 3.05) is 13.7 Å². The van der Waals surface area contributed by atoms with E-state index in [4.69, 9.17) is 15.5 Å². The molecular formula is C11H14BrNO2. The normalized spacial score (nSPS) is 17.5. The van der Waals surface area contributed by atoms with Gasteiger partial charge in [-0.1, -0.05) is 15.9 Å². The van der Waals surface area contributed by atoms with Crippen LogP contribution in [0.3, 0.4) is 0 Å². The predicted octanol–water partition coefficient (Wildman–Crippen LogP) is 2.38. The highest BCUT2D eigenvalue weighted by Crippen LogP contribution is 2.51. The smallest absolute Gasteiger partial charge is 0.119 e. The number of methoxy groups -OCH3 is 1. The molecule has 0 aliphatic heterocycles. The summed E-state index contributed by atoms with van der Waals surface area (Å²) in [5, 5.41) is 0. The van der Waals surface area contributed by atoms with Gasteiger partial charge in [0.1, 0.15) is 5.75 Å². The number of ether oxygens (including phenoxy) is 1. The highest BCUT2D eigenvalue weighted by molar-refractivity contribution is 9.10. The third-order valence-electron chi connectivity index (χ3n) is 2.96. The minimum Gasteiger partial charge on any atom is -0.497 e. The Hall–Kier alpha value is -0.580. The molecule has 1 fully saturated rings. The largest absolute Gasteiger partial charge is 0.497 e. The Bertz CT molecular complexity index is 364. The van der Waals surface area contributed by atoms with E-state index in [-0.39, 0.29) is 5.41 Å². The molecule has 1 aliphatic carbocycles. The van der Waals surface area contributed by atoms with E-state index in [1.807, 2.05) is 12.1 Å². The lowest BCUT2D eigenvalue weighted by molar-refractivity contribution is 0.116. The molecule has 0 bridgehead atoms. The molecule has 15 heavy (non-hydrogen) atoms. The molecule has 0 heterocycles. The first kappa shape index (κ1) is 10.9. The zero-order valence-electron chi connectivity index (χ0n) is 8.63. The standard InChI is InChI=1S/C11H14BrNO2/c1-14-8-2-3-10(12)9(6-8)11(4-5-11)7-15-13/h2-3,6H,4-5,7,13H2,1H3. The summed E-state index contributed by atoms with van der Waals surface area (Å²) >= 11 is 3.55. The molecule has 0 radical (unpaired) electrons. The highest BCUT2D eigenvalue weighted by Gasteiger charge is 2.46. The molecule has 1 saturated carbocycles. The molecule has 4 heteroatoms. The van der Waals surface area contributed by atoms with Crippen LogP contribution in [0.25, 0.3) is 0 Å². The summed E-state index contributed by atoms with van der Waals surface area (Å²) in [5.41, 5.74) is 1.33. The van der Waals surface area contributed by atoms with Gasteiger partial charge in [-0.15, -0.1) is 0 Å². The first-order chi connectivity index (χ1) is 7.22. The van der Waals surface area contributed by atoms with Crippen LogP contribution in [0.1, 0.15) is 18.4 Å². The van der Waals surface area contributed by atoms with Gasteiger partial charge in [-0.25, -0.2) is 5.90 Å². The minimum absolute atomic E-state index is 0.0993. The molecule has 0 saturated heterocycles. The average Bonchev–Trinajstić information content (AvgIpc) is 3.00. The second-order valence-corrected chi connectivity index (χ2v) is 4.79. The fourth-order valence-electron chi connectivity index (χ4n) is 1.84. The minimum atomic E-state index is 0.0993. The van der Waals surface area contributed by atoms with E-state index >= 15 is 0 Å². The van der Waals surface area contributed by atoms with E-state index < -0.39 is 0 Å². The first-order valence-corrected chi connectivity index (χ1v) is 5.67. The van der Waals surface area contributed by atoms with Crippen molar-refractivity contribution in [1.29, 1.82) is 0 Å². The predicted molar refractivity (Wildman–Crippen MR) is 61.7 cm³/mol. The van der Waals surface area contributed by atoms with Crippen LogP contribution in [0.15, 0.2) is 22.7 Å². The summed E-state index contributed by atoms with van der Waals surface area (Å²) in [5.74, 6) is 6.04. The van der Waals surface area contributed by atoms with Crippen molar-refractivity contribution in [3.63, 3.8) is 0 Å². The van der Waals surface area contributed by atoms with E-state index in [1.54, 1.807) is 7.11 Å². The topological polar surface area (TPSA) is 44.5 Å². The van der Waals surface area contributed by atoms with Crippen LogP contribution in [-0.2, 0) is 10.3 Å². The Morgan fingerprint density at radius 3 is 2.73 bits per heavy atom. The summed E-state index contributed by atoms with van der Waals surface area (Å²) in [7, 11) is 1.67. The van der Waals surface area contributed by atoms with E-state index in [9.17, 15) is 0 Å². The molecule has 0 spiro atoms. The van der Waals surface area contributed by atoms with Crippen LogP contribution in [-0.4, -0.2) is 13.7 Å². The van der Waals surface area contributed by atoms with Crippen molar-refractivity contribution < 1.29 is 9.57 Å². The average molecular weight is 272 g/mol. The fraction of sp³-hybridized carbons (Fsp3) is 0.455. The first-order valence-electron chi connectivity index (χ1n) is 4.87. The molecule has 1 aliphatic rings. The number of hydrogen-bond acceptors (Lipinski definition) is 3. The van der Waals surface area contributed by atoms with Crippen LogP contribution in [0.4, 0.5) is 0 Å². The van der Waals surface area contributed by atoms with Gasteiger partial charge < -0.3 is 9.57 Å². The van der Waals surface area contributed by atoms with Gasteiger partial charge in [0.25, 0.3) is 0 Å². The quantitative estimate of drug-likeness (QED) is 0.856. The van der Waals surface area contributed by atoms with E-state index in [1.165, 1.54) is 5.56 Å². The van der Waals surface area contributed by atoms with E-state index in [0.29, 0.717) is 6.61 Å². The van der Waals surface area contributed by atoms with E-state index in [2.05, 4.69) is 22.0 Å². The number of rotatable bonds is 4. The summed E-state index contributed by atoms with van der Waals surface area (Å²) in [4.78, 5) is 4.79. The summed E-state index contributed by atoms with van der Waals surface area (Å²) in [6, 6.07) is 5.99. The third kappa shape index (κ3) is 2.02. The molecule has 82 valence electrons. The molecule has 3 nitrogen and oxygen atoms in total. The van der Waals surface area contributed by atoms with Gasteiger partial charge in [0, 0.05) is 9.89 Å². The monoisotopic (exact) mass is 271 g/mol. The molecule has 2 N–H and O–H groups in total. The highest BCUT2D eigenvalue weighted by atomic mass is 79.9. The summed E-state index contributed by atoms with van der Waals surface area (Å²) < 4.78 is 6.31. The molecule has 1 aromatic rings. The van der Waals surface area contributed by atoms with Gasteiger partial charge in [0.2, 0.25) is 0 Å². The Kier molecular flexibility index (Phi) is 3.00. The zero-order chi connectivity index (χ0) is 10.9. The lowest BCUT2D eigenvalue weighted by atomic mass is 9.97. The second kappa shape index (κ2) is 4.12. The Balaban J connectivity index is 2.34. The van der Waals surface area contributed by atoms with Crippen molar-refractivity contribution in [2.45, 2.75) is 18.3 Å². The van der Waals surface area contributed by atoms with Gasteiger partial charge in [-0.05, 0) is 36.6 Å². The van der Waals surface area contributed by atoms with Crippen molar-refractivity contribution in [3.05, 3.63) is 28.2 Å². The van der Waals surface area contributed by atoms with Crippen molar-refractivity contribution in [1.82, 2.24) is 0 Å². The van der Waals surface area contributed by atoms with Gasteiger partial charge >= 0.3 is 0 Å². The van der Waals surface area contributed by atoms with E-state index in [0.717, 1.165) is 23.1 Å². The maximum atomic E-state index is 5.22. The Morgan fingerprint density at radius 1 is 1.47 bits per heavy atom. The van der Waals surface area contributed by atoms with Crippen LogP contribution in [0.2, 0.25) is 0 Å². The Morgan fingerprint density at radius 2 is 2.20 bits per heavy atom. The molecule has 2 rings (SSSR count). The van der Waals surface area contributed by atoms with Gasteiger partial charge in [-0.3, -0.25) is 0 Å². The second-order valence-electron chi connectivity index (χ2n) is 3.94. The SMILES string of the molecule is COc1ccc(Br)c(C2(CON)CC2)c1. The van der Waals surface area contributed by atoms with Crippen LogP contribution in [0, 0.1) is 0 Å². The van der Waals surface area contributed by atoms with Crippen molar-refractivity contribution >= 4 is 15.9 Å². The van der Waals surface area contributed by atoms with Crippen LogP contribution in [0.5, 0.6) is 5.75 Å². The van der Waals surface area contributed by atoms with Crippen LogP contribution < -0.4 is 10.6 Å². The summed E-state index contributed by atoms with van der Waals surface area (Å²) in [6.07, 6.45) is 2.24. The molecule has 0 aromatic heterocycles. The molecule has 0 unspecified atom stereocenters. The van der Waals surface area contributed by atoms with Gasteiger partial charge in [0.15, 0.2) is 0 Å². The number of halogens is 1. The lowest BCUT2D eigenvalue weighted by Crippen LogP contribution is -2.18. The lowest BCUT2D eigenvalue weighted by Gasteiger charge is -2.16. The maximum Gasteiger partial charge on any atom is 0.119 e. The van der Waals surface area contributed by atoms with Crippen molar-refractivity contribution in [3.8, 4) is 5.75 Å². The van der Waals surface area contributed by atoms with Crippen molar-refractivity contribution in [2.24, 2.45) is 5.90 Å². The Labute approximate surface area is 97.6 Å². The summed E-state index contributed by atoms with van der Waals surface area (Å²) in [6.45, 7) is 0.568. The molecular weight excluding hydrogens is 258 g/mol. The number of benzene rings is 1. The van der Waals surface area contributed by atoms with Gasteiger partial charge in [-0.2, -0.15) is 0 Å². The third-order valence-corrected chi connectivity index (χ3v) is 3.65. The number of hydrogen-bond donors (Lipinski definition) is 1.